The average molecular weight is 334 g/mol. The van der Waals surface area contributed by atoms with Crippen LogP contribution in [0.4, 0.5) is 5.69 Å². The molecule has 2 N–H and O–H groups in total. The lowest BCUT2D eigenvalue weighted by atomic mass is 10.2. The van der Waals surface area contributed by atoms with Crippen LogP contribution < -0.4 is 10.2 Å². The van der Waals surface area contributed by atoms with Crippen molar-refractivity contribution in [3.63, 3.8) is 0 Å². The monoisotopic (exact) mass is 333 g/mol. The van der Waals surface area contributed by atoms with Gasteiger partial charge in [0.2, 0.25) is 0 Å². The maximum atomic E-state index is 6.28. The van der Waals surface area contributed by atoms with E-state index in [0.29, 0.717) is 0 Å². The number of piperazine rings is 1. The minimum atomic E-state index is 0.813. The van der Waals surface area contributed by atoms with Crippen molar-refractivity contribution in [2.24, 2.45) is 0 Å². The van der Waals surface area contributed by atoms with Crippen LogP contribution in [-0.4, -0.2) is 54.1 Å². The molecule has 0 saturated carbocycles. The minimum Gasteiger partial charge on any atom is -0.368 e. The highest BCUT2D eigenvalue weighted by atomic mass is 35.5. The van der Waals surface area contributed by atoms with Gasteiger partial charge in [0.25, 0.3) is 0 Å². The molecule has 0 radical (unpaired) electrons. The average Bonchev–Trinajstić information content (AvgIpc) is 3.09. The summed E-state index contributed by atoms with van der Waals surface area (Å²) in [5.41, 5.74) is 1.16. The summed E-state index contributed by atoms with van der Waals surface area (Å²) in [6.07, 6.45) is 4.80. The molecule has 2 heterocycles. The van der Waals surface area contributed by atoms with Gasteiger partial charge in [-0.2, -0.15) is 0 Å². The minimum absolute atomic E-state index is 0.813. The second-order valence-electron chi connectivity index (χ2n) is 5.85. The van der Waals surface area contributed by atoms with Gasteiger partial charge in [-0.3, -0.25) is 4.90 Å². The summed E-state index contributed by atoms with van der Waals surface area (Å²) in [4.78, 5) is 12.2. The summed E-state index contributed by atoms with van der Waals surface area (Å²) in [5, 5.41) is 4.27. The molecule has 1 aromatic heterocycles. The van der Waals surface area contributed by atoms with Crippen LogP contribution in [0.1, 0.15) is 12.2 Å². The molecular formula is C17H24ClN5. The zero-order valence-electron chi connectivity index (χ0n) is 13.3. The fraction of sp³-hybridized carbons (Fsp3) is 0.471. The molecule has 2 aromatic rings. The molecule has 1 saturated heterocycles. The Kier molecular flexibility index (Phi) is 5.91. The molecule has 23 heavy (non-hydrogen) atoms. The van der Waals surface area contributed by atoms with Crippen molar-refractivity contribution in [3.05, 3.63) is 47.5 Å². The topological polar surface area (TPSA) is 47.2 Å². The van der Waals surface area contributed by atoms with E-state index in [1.807, 2.05) is 18.3 Å². The number of aromatic amines is 1. The molecule has 6 heteroatoms. The number of nitrogens with one attached hydrogen (secondary N) is 2. The van der Waals surface area contributed by atoms with Gasteiger partial charge in [-0.1, -0.05) is 23.7 Å². The normalized spacial score (nSPS) is 16.0. The molecule has 0 aliphatic carbocycles. The number of hydrogen-bond acceptors (Lipinski definition) is 4. The Labute approximate surface area is 142 Å². The number of para-hydroxylation sites is 1. The number of benzene rings is 1. The van der Waals surface area contributed by atoms with Crippen LogP contribution in [0.3, 0.4) is 0 Å². The zero-order valence-corrected chi connectivity index (χ0v) is 14.1. The number of rotatable bonds is 7. The Balaban J connectivity index is 1.32. The van der Waals surface area contributed by atoms with Gasteiger partial charge >= 0.3 is 0 Å². The van der Waals surface area contributed by atoms with E-state index in [2.05, 4.69) is 37.2 Å². The summed E-state index contributed by atoms with van der Waals surface area (Å²) in [6, 6.07) is 8.11. The fourth-order valence-electron chi connectivity index (χ4n) is 2.95. The molecule has 0 unspecified atom stereocenters. The van der Waals surface area contributed by atoms with Gasteiger partial charge in [0.1, 0.15) is 5.82 Å². The van der Waals surface area contributed by atoms with Gasteiger partial charge in [0.05, 0.1) is 17.3 Å². The Morgan fingerprint density at radius 3 is 2.74 bits per heavy atom. The Bertz CT molecular complexity index is 578. The lowest BCUT2D eigenvalue weighted by Gasteiger charge is -2.36. The van der Waals surface area contributed by atoms with Crippen molar-refractivity contribution >= 4 is 17.3 Å². The third-order valence-electron chi connectivity index (χ3n) is 4.24. The molecule has 0 spiro atoms. The number of halogens is 1. The van der Waals surface area contributed by atoms with Gasteiger partial charge in [-0.05, 0) is 31.6 Å². The maximum absolute atomic E-state index is 6.28. The van der Waals surface area contributed by atoms with Gasteiger partial charge in [0, 0.05) is 38.6 Å². The van der Waals surface area contributed by atoms with Crippen LogP contribution in [0.2, 0.25) is 5.02 Å². The first-order chi connectivity index (χ1) is 11.3. The van der Waals surface area contributed by atoms with Gasteiger partial charge in [-0.15, -0.1) is 0 Å². The summed E-state index contributed by atoms with van der Waals surface area (Å²) in [7, 11) is 0. The zero-order chi connectivity index (χ0) is 15.9. The molecule has 0 atom stereocenters. The lowest BCUT2D eigenvalue weighted by molar-refractivity contribution is 0.254. The number of imidazole rings is 1. The van der Waals surface area contributed by atoms with Crippen LogP contribution in [-0.2, 0) is 6.54 Å². The third-order valence-corrected chi connectivity index (χ3v) is 4.56. The lowest BCUT2D eigenvalue weighted by Crippen LogP contribution is -2.47. The maximum Gasteiger partial charge on any atom is 0.120 e. The molecule has 1 aliphatic heterocycles. The number of aromatic nitrogens is 2. The fourth-order valence-corrected chi connectivity index (χ4v) is 3.20. The van der Waals surface area contributed by atoms with Crippen molar-refractivity contribution in [1.29, 1.82) is 0 Å². The predicted octanol–water partition coefficient (Wildman–Crippen LogP) is 2.36. The van der Waals surface area contributed by atoms with Gasteiger partial charge in [-0.25, -0.2) is 4.98 Å². The van der Waals surface area contributed by atoms with E-state index in [4.69, 9.17) is 11.6 Å². The van der Waals surface area contributed by atoms with E-state index < -0.39 is 0 Å². The van der Waals surface area contributed by atoms with Crippen molar-refractivity contribution in [1.82, 2.24) is 20.2 Å². The van der Waals surface area contributed by atoms with Crippen LogP contribution in [0.5, 0.6) is 0 Å². The highest BCUT2D eigenvalue weighted by Gasteiger charge is 2.18. The van der Waals surface area contributed by atoms with Crippen molar-refractivity contribution in [2.75, 3.05) is 44.2 Å². The van der Waals surface area contributed by atoms with E-state index in [0.717, 1.165) is 68.8 Å². The largest absolute Gasteiger partial charge is 0.368 e. The van der Waals surface area contributed by atoms with Crippen molar-refractivity contribution in [3.8, 4) is 0 Å². The highest BCUT2D eigenvalue weighted by molar-refractivity contribution is 6.33. The second kappa shape index (κ2) is 8.34. The van der Waals surface area contributed by atoms with Crippen molar-refractivity contribution in [2.45, 2.75) is 13.0 Å². The van der Waals surface area contributed by atoms with E-state index in [-0.39, 0.29) is 0 Å². The molecule has 0 amide bonds. The molecular weight excluding hydrogens is 310 g/mol. The highest BCUT2D eigenvalue weighted by Crippen LogP contribution is 2.25. The molecule has 1 fully saturated rings. The van der Waals surface area contributed by atoms with E-state index in [1.165, 1.54) is 0 Å². The molecule has 124 valence electrons. The first-order valence-corrected chi connectivity index (χ1v) is 8.61. The summed E-state index contributed by atoms with van der Waals surface area (Å²) in [5.74, 6) is 0.998. The number of nitrogens with zero attached hydrogens (tertiary/aromatic N) is 3. The SMILES string of the molecule is Clc1ccccc1N1CCN(CCCNCc2ncc[nH]2)CC1. The van der Waals surface area contributed by atoms with Gasteiger partial charge < -0.3 is 15.2 Å². The Morgan fingerprint density at radius 2 is 2.00 bits per heavy atom. The van der Waals surface area contributed by atoms with E-state index in [9.17, 15) is 0 Å². The number of H-pyrrole nitrogens is 1. The molecule has 1 aromatic carbocycles. The Morgan fingerprint density at radius 1 is 1.17 bits per heavy atom. The molecule has 5 nitrogen and oxygen atoms in total. The Hall–Kier alpha value is -1.56. The van der Waals surface area contributed by atoms with E-state index >= 15 is 0 Å². The smallest absolute Gasteiger partial charge is 0.120 e. The molecule has 1 aliphatic rings. The second-order valence-corrected chi connectivity index (χ2v) is 6.25. The summed E-state index contributed by atoms with van der Waals surface area (Å²) in [6.45, 7) is 7.26. The van der Waals surface area contributed by atoms with Gasteiger partial charge in [0.15, 0.2) is 0 Å². The summed E-state index contributed by atoms with van der Waals surface area (Å²) < 4.78 is 0. The quantitative estimate of drug-likeness (QED) is 0.764. The first-order valence-electron chi connectivity index (χ1n) is 8.24. The molecule has 0 bridgehead atoms. The van der Waals surface area contributed by atoms with Crippen molar-refractivity contribution < 1.29 is 0 Å². The van der Waals surface area contributed by atoms with Crippen LogP contribution >= 0.6 is 11.6 Å². The van der Waals surface area contributed by atoms with E-state index in [1.54, 1.807) is 6.20 Å². The number of anilines is 1. The summed E-state index contributed by atoms with van der Waals surface area (Å²) >= 11 is 6.28. The first kappa shape index (κ1) is 16.3. The third kappa shape index (κ3) is 4.70. The van der Waals surface area contributed by atoms with Crippen LogP contribution in [0.15, 0.2) is 36.7 Å². The molecule has 3 rings (SSSR count). The predicted molar refractivity (Wildman–Crippen MR) is 95.0 cm³/mol. The standard InChI is InChI=1S/C17H24ClN5/c18-15-4-1-2-5-16(15)23-12-10-22(11-13-23)9-3-6-19-14-17-20-7-8-21-17/h1-2,4-5,7-8,19H,3,6,9-14H2,(H,20,21). The van der Waals surface area contributed by atoms with Crippen LogP contribution in [0.25, 0.3) is 0 Å². The number of hydrogen-bond donors (Lipinski definition) is 2. The van der Waals surface area contributed by atoms with Crippen LogP contribution in [0, 0.1) is 0 Å².